The summed E-state index contributed by atoms with van der Waals surface area (Å²) in [6, 6.07) is 4.01. The van der Waals surface area contributed by atoms with Gasteiger partial charge in [0.05, 0.1) is 12.3 Å². The van der Waals surface area contributed by atoms with Crippen molar-refractivity contribution < 1.29 is 4.74 Å². The van der Waals surface area contributed by atoms with Crippen molar-refractivity contribution in [3.8, 4) is 0 Å². The lowest BCUT2D eigenvalue weighted by atomic mass is 9.83. The van der Waals surface area contributed by atoms with Crippen LogP contribution in [0.15, 0.2) is 18.3 Å². The average molecular weight is 220 g/mol. The van der Waals surface area contributed by atoms with Gasteiger partial charge in [0.25, 0.3) is 0 Å². The fourth-order valence-corrected chi connectivity index (χ4v) is 1.95. The summed E-state index contributed by atoms with van der Waals surface area (Å²) in [5.74, 6) is 0.928. The van der Waals surface area contributed by atoms with Crippen molar-refractivity contribution in [1.29, 1.82) is 0 Å². The van der Waals surface area contributed by atoms with Crippen LogP contribution in [0.2, 0.25) is 0 Å². The van der Waals surface area contributed by atoms with Gasteiger partial charge in [-0.15, -0.1) is 0 Å². The maximum absolute atomic E-state index is 5.66. The summed E-state index contributed by atoms with van der Waals surface area (Å²) in [7, 11) is 0. The smallest absolute Gasteiger partial charge is 0.0718 e. The maximum Gasteiger partial charge on any atom is 0.0718 e. The molecular formula is C13H20N2O. The van der Waals surface area contributed by atoms with E-state index in [9.17, 15) is 0 Å². The largest absolute Gasteiger partial charge is 0.377 e. The second-order valence-corrected chi connectivity index (χ2v) is 4.50. The summed E-state index contributed by atoms with van der Waals surface area (Å²) in [6.45, 7) is 2.06. The van der Waals surface area contributed by atoms with E-state index in [1.54, 1.807) is 6.20 Å². The van der Waals surface area contributed by atoms with Crippen molar-refractivity contribution in [2.75, 3.05) is 6.61 Å². The second kappa shape index (κ2) is 5.97. The molecule has 0 spiro atoms. The van der Waals surface area contributed by atoms with Crippen LogP contribution >= 0.6 is 0 Å². The van der Waals surface area contributed by atoms with Crippen LogP contribution in [-0.4, -0.2) is 11.6 Å². The molecule has 2 N–H and O–H groups in total. The quantitative estimate of drug-likeness (QED) is 0.748. The fraction of sp³-hybridized carbons (Fsp3) is 0.615. The average Bonchev–Trinajstić information content (AvgIpc) is 2.27. The topological polar surface area (TPSA) is 48.1 Å². The Morgan fingerprint density at radius 1 is 1.44 bits per heavy atom. The van der Waals surface area contributed by atoms with E-state index in [1.807, 2.05) is 12.1 Å². The molecule has 0 atom stereocenters. The SMILES string of the molecule is NCc1cc(COCCC2CCC2)ccn1. The molecule has 88 valence electrons. The first kappa shape index (κ1) is 11.6. The molecule has 0 aromatic carbocycles. The van der Waals surface area contributed by atoms with Gasteiger partial charge in [-0.2, -0.15) is 0 Å². The molecule has 0 amide bonds. The van der Waals surface area contributed by atoms with Gasteiger partial charge in [0.1, 0.15) is 0 Å². The molecular weight excluding hydrogens is 200 g/mol. The molecule has 0 unspecified atom stereocenters. The Labute approximate surface area is 97.0 Å². The summed E-state index contributed by atoms with van der Waals surface area (Å²) >= 11 is 0. The van der Waals surface area contributed by atoms with Crippen LogP contribution in [0, 0.1) is 5.92 Å². The van der Waals surface area contributed by atoms with Crippen LogP contribution in [0.5, 0.6) is 0 Å². The molecule has 1 fully saturated rings. The minimum Gasteiger partial charge on any atom is -0.377 e. The van der Waals surface area contributed by atoms with E-state index in [0.29, 0.717) is 13.2 Å². The lowest BCUT2D eigenvalue weighted by Gasteiger charge is -2.24. The third-order valence-electron chi connectivity index (χ3n) is 3.25. The first-order valence-corrected chi connectivity index (χ1v) is 6.10. The van der Waals surface area contributed by atoms with E-state index in [1.165, 1.54) is 31.2 Å². The first-order valence-electron chi connectivity index (χ1n) is 6.10. The molecule has 0 radical (unpaired) electrons. The van der Waals surface area contributed by atoms with Gasteiger partial charge in [0.2, 0.25) is 0 Å². The molecule has 1 heterocycles. The predicted octanol–water partition coefficient (Wildman–Crippen LogP) is 2.25. The molecule has 1 aliphatic carbocycles. The van der Waals surface area contributed by atoms with Crippen LogP contribution < -0.4 is 5.73 Å². The number of pyridine rings is 1. The number of rotatable bonds is 6. The van der Waals surface area contributed by atoms with Crippen molar-refractivity contribution >= 4 is 0 Å². The molecule has 3 heteroatoms. The third-order valence-corrected chi connectivity index (χ3v) is 3.25. The summed E-state index contributed by atoms with van der Waals surface area (Å²) in [4.78, 5) is 4.16. The Balaban J connectivity index is 1.67. The van der Waals surface area contributed by atoms with E-state index < -0.39 is 0 Å². The van der Waals surface area contributed by atoms with Gasteiger partial charge in [-0.3, -0.25) is 4.98 Å². The lowest BCUT2D eigenvalue weighted by Crippen LogP contribution is -2.13. The van der Waals surface area contributed by atoms with Gasteiger partial charge < -0.3 is 10.5 Å². The molecule has 3 nitrogen and oxygen atoms in total. The third kappa shape index (κ3) is 3.29. The Morgan fingerprint density at radius 2 is 2.31 bits per heavy atom. The normalized spacial score (nSPS) is 16.1. The second-order valence-electron chi connectivity index (χ2n) is 4.50. The van der Waals surface area contributed by atoms with Crippen LogP contribution in [0.1, 0.15) is 36.9 Å². The Bertz CT molecular complexity index is 323. The van der Waals surface area contributed by atoms with Gasteiger partial charge in [-0.05, 0) is 30.0 Å². The van der Waals surface area contributed by atoms with Crippen molar-refractivity contribution in [3.05, 3.63) is 29.6 Å². The highest BCUT2D eigenvalue weighted by Crippen LogP contribution is 2.29. The van der Waals surface area contributed by atoms with Crippen molar-refractivity contribution in [1.82, 2.24) is 4.98 Å². The number of nitrogens with zero attached hydrogens (tertiary/aromatic N) is 1. The van der Waals surface area contributed by atoms with Crippen LogP contribution in [0.4, 0.5) is 0 Å². The van der Waals surface area contributed by atoms with E-state index in [0.717, 1.165) is 18.2 Å². The number of hydrogen-bond acceptors (Lipinski definition) is 3. The van der Waals surface area contributed by atoms with Crippen LogP contribution in [0.3, 0.4) is 0 Å². The summed E-state index contributed by atoms with van der Waals surface area (Å²) in [6.07, 6.45) is 7.22. The molecule has 1 aromatic heterocycles. The number of nitrogens with two attached hydrogens (primary N) is 1. The van der Waals surface area contributed by atoms with Gasteiger partial charge in [-0.1, -0.05) is 19.3 Å². The van der Waals surface area contributed by atoms with Gasteiger partial charge in [-0.25, -0.2) is 0 Å². The van der Waals surface area contributed by atoms with Crippen molar-refractivity contribution in [2.24, 2.45) is 11.7 Å². The molecule has 16 heavy (non-hydrogen) atoms. The van der Waals surface area contributed by atoms with Gasteiger partial charge in [0, 0.05) is 19.3 Å². The first-order chi connectivity index (χ1) is 7.88. The van der Waals surface area contributed by atoms with Gasteiger partial charge >= 0.3 is 0 Å². The monoisotopic (exact) mass is 220 g/mol. The molecule has 1 aromatic rings. The highest BCUT2D eigenvalue weighted by atomic mass is 16.5. The summed E-state index contributed by atoms with van der Waals surface area (Å²) in [5, 5.41) is 0. The summed E-state index contributed by atoms with van der Waals surface area (Å²) in [5.41, 5.74) is 7.64. The van der Waals surface area contributed by atoms with E-state index >= 15 is 0 Å². The Hall–Kier alpha value is -0.930. The van der Waals surface area contributed by atoms with Gasteiger partial charge in [0.15, 0.2) is 0 Å². The maximum atomic E-state index is 5.66. The zero-order valence-electron chi connectivity index (χ0n) is 9.69. The number of aromatic nitrogens is 1. The molecule has 0 aliphatic heterocycles. The zero-order valence-corrected chi connectivity index (χ0v) is 9.69. The van der Waals surface area contributed by atoms with Crippen molar-refractivity contribution in [2.45, 2.75) is 38.8 Å². The fourth-order valence-electron chi connectivity index (χ4n) is 1.95. The van der Waals surface area contributed by atoms with Crippen molar-refractivity contribution in [3.63, 3.8) is 0 Å². The number of hydrogen-bond donors (Lipinski definition) is 1. The Morgan fingerprint density at radius 3 is 3.00 bits per heavy atom. The van der Waals surface area contributed by atoms with E-state index in [2.05, 4.69) is 4.98 Å². The minimum atomic E-state index is 0.496. The molecule has 1 aliphatic rings. The highest BCUT2D eigenvalue weighted by molar-refractivity contribution is 5.15. The Kier molecular flexibility index (Phi) is 4.31. The predicted molar refractivity (Wildman–Crippen MR) is 63.7 cm³/mol. The minimum absolute atomic E-state index is 0.496. The molecule has 1 saturated carbocycles. The van der Waals surface area contributed by atoms with E-state index in [-0.39, 0.29) is 0 Å². The van der Waals surface area contributed by atoms with E-state index in [4.69, 9.17) is 10.5 Å². The molecule has 2 rings (SSSR count). The molecule has 0 saturated heterocycles. The zero-order chi connectivity index (χ0) is 11.2. The highest BCUT2D eigenvalue weighted by Gasteiger charge is 2.16. The summed E-state index contributed by atoms with van der Waals surface area (Å²) < 4.78 is 5.66. The van der Waals surface area contributed by atoms with Crippen LogP contribution in [-0.2, 0) is 17.9 Å². The lowest BCUT2D eigenvalue weighted by molar-refractivity contribution is 0.0949. The standard InChI is InChI=1S/C13H20N2O/c14-9-13-8-12(4-6-15-13)10-16-7-5-11-2-1-3-11/h4,6,8,11H,1-3,5,7,9-10,14H2. The van der Waals surface area contributed by atoms with Crippen LogP contribution in [0.25, 0.3) is 0 Å². The molecule has 0 bridgehead atoms. The number of ether oxygens (including phenoxy) is 1.